The number of amides is 2. The smallest absolute Gasteiger partial charge is 0.303 e. The van der Waals surface area contributed by atoms with E-state index in [1.807, 2.05) is 0 Å². The molecule has 3 N–H and O–H groups in total. The van der Waals surface area contributed by atoms with Crippen molar-refractivity contribution in [2.45, 2.75) is 12.8 Å². The maximum absolute atomic E-state index is 10.2. The molecule has 9 heteroatoms. The van der Waals surface area contributed by atoms with Gasteiger partial charge >= 0.3 is 7.82 Å². The molecule has 82 valence electrons. The van der Waals surface area contributed by atoms with Gasteiger partial charge in [-0.1, -0.05) is 0 Å². The van der Waals surface area contributed by atoms with E-state index < -0.39 is 19.6 Å². The van der Waals surface area contributed by atoms with E-state index in [1.54, 1.807) is 0 Å². The average Bonchev–Trinajstić information content (AvgIpc) is 2.36. The SMILES string of the molecule is COP(=O)(O)O.O=C1CCC(=O)N1O. The number of nitrogens with zero attached hydrogens (tertiary/aromatic N) is 1. The van der Waals surface area contributed by atoms with Gasteiger partial charge in [0.25, 0.3) is 11.8 Å². The Kier molecular flexibility index (Phi) is 4.89. The van der Waals surface area contributed by atoms with E-state index in [0.717, 1.165) is 7.11 Å². The van der Waals surface area contributed by atoms with Crippen LogP contribution < -0.4 is 0 Å². The molecular formula is C5H10NO7P. The summed E-state index contributed by atoms with van der Waals surface area (Å²) in [6.45, 7) is 0. The summed E-state index contributed by atoms with van der Waals surface area (Å²) in [5.41, 5.74) is 0. The third-order valence-corrected chi connectivity index (χ3v) is 1.74. The van der Waals surface area contributed by atoms with Gasteiger partial charge in [-0.05, 0) is 0 Å². The van der Waals surface area contributed by atoms with Crippen molar-refractivity contribution < 1.29 is 33.7 Å². The summed E-state index contributed by atoms with van der Waals surface area (Å²) < 4.78 is 13.1. The molecule has 1 heterocycles. The van der Waals surface area contributed by atoms with Crippen LogP contribution in [0.25, 0.3) is 0 Å². The molecule has 1 aliphatic rings. The maximum atomic E-state index is 10.2. The van der Waals surface area contributed by atoms with Gasteiger partial charge in [-0.3, -0.25) is 19.3 Å². The number of phosphoric acid groups is 1. The van der Waals surface area contributed by atoms with Gasteiger partial charge in [0.05, 0.1) is 0 Å². The van der Waals surface area contributed by atoms with E-state index in [9.17, 15) is 14.2 Å². The molecule has 0 aromatic heterocycles. The van der Waals surface area contributed by atoms with Crippen LogP contribution in [0.15, 0.2) is 0 Å². The number of hydrogen-bond donors (Lipinski definition) is 3. The van der Waals surface area contributed by atoms with E-state index in [-0.39, 0.29) is 17.9 Å². The molecule has 1 saturated heterocycles. The second kappa shape index (κ2) is 5.18. The summed E-state index contributed by atoms with van der Waals surface area (Å²) in [4.78, 5) is 35.9. The number of imide groups is 1. The minimum absolute atomic E-state index is 0.148. The number of hydrogen-bond acceptors (Lipinski definition) is 5. The monoisotopic (exact) mass is 227 g/mol. The van der Waals surface area contributed by atoms with Gasteiger partial charge in [0.1, 0.15) is 0 Å². The van der Waals surface area contributed by atoms with Crippen LogP contribution in [0.5, 0.6) is 0 Å². The van der Waals surface area contributed by atoms with Gasteiger partial charge in [0.15, 0.2) is 0 Å². The molecule has 0 atom stereocenters. The summed E-state index contributed by atoms with van der Waals surface area (Å²) in [6, 6.07) is 0. The topological polar surface area (TPSA) is 124 Å². The van der Waals surface area contributed by atoms with Crippen molar-refractivity contribution in [3.05, 3.63) is 0 Å². The van der Waals surface area contributed by atoms with E-state index >= 15 is 0 Å². The third kappa shape index (κ3) is 5.05. The second-order valence-corrected chi connectivity index (χ2v) is 3.62. The van der Waals surface area contributed by atoms with Crippen molar-refractivity contribution in [3.8, 4) is 0 Å². The first-order valence-corrected chi connectivity index (χ1v) is 4.97. The molecule has 0 aromatic rings. The Balaban J connectivity index is 0.000000255. The van der Waals surface area contributed by atoms with E-state index in [4.69, 9.17) is 15.0 Å². The fourth-order valence-corrected chi connectivity index (χ4v) is 0.565. The predicted molar refractivity (Wildman–Crippen MR) is 41.9 cm³/mol. The molecule has 0 aromatic carbocycles. The maximum Gasteiger partial charge on any atom is 0.469 e. The van der Waals surface area contributed by atoms with Crippen molar-refractivity contribution in [3.63, 3.8) is 0 Å². The van der Waals surface area contributed by atoms with Crippen LogP contribution in [-0.4, -0.2) is 39.0 Å². The minimum atomic E-state index is -4.15. The minimum Gasteiger partial charge on any atom is -0.303 e. The van der Waals surface area contributed by atoms with Crippen LogP contribution in [0.2, 0.25) is 0 Å². The Morgan fingerprint density at radius 1 is 1.29 bits per heavy atom. The fourth-order valence-electron chi connectivity index (χ4n) is 0.565. The molecule has 0 saturated carbocycles. The summed E-state index contributed by atoms with van der Waals surface area (Å²) >= 11 is 0. The van der Waals surface area contributed by atoms with Crippen LogP contribution in [-0.2, 0) is 18.7 Å². The highest BCUT2D eigenvalue weighted by atomic mass is 31.2. The number of rotatable bonds is 1. The van der Waals surface area contributed by atoms with Crippen molar-refractivity contribution in [2.75, 3.05) is 7.11 Å². The zero-order valence-corrected chi connectivity index (χ0v) is 8.18. The molecular weight excluding hydrogens is 217 g/mol. The Bertz CT molecular complexity index is 255. The summed E-state index contributed by atoms with van der Waals surface area (Å²) in [6.07, 6.45) is 0.296. The van der Waals surface area contributed by atoms with Crippen molar-refractivity contribution in [1.82, 2.24) is 5.06 Å². The van der Waals surface area contributed by atoms with Gasteiger partial charge in [0.2, 0.25) is 0 Å². The Labute approximate surface area is 79.3 Å². The van der Waals surface area contributed by atoms with Gasteiger partial charge in [0, 0.05) is 20.0 Å². The van der Waals surface area contributed by atoms with Crippen molar-refractivity contribution in [1.29, 1.82) is 0 Å². The highest BCUT2D eigenvalue weighted by Crippen LogP contribution is 2.33. The molecule has 0 bridgehead atoms. The first-order valence-electron chi connectivity index (χ1n) is 3.44. The lowest BCUT2D eigenvalue weighted by Gasteiger charge is -1.98. The Hall–Kier alpha value is -0.790. The zero-order valence-electron chi connectivity index (χ0n) is 7.28. The normalized spacial score (nSPS) is 16.7. The lowest BCUT2D eigenvalue weighted by atomic mass is 10.4. The Morgan fingerprint density at radius 3 is 1.64 bits per heavy atom. The molecule has 0 aliphatic carbocycles. The molecule has 0 unspecified atom stereocenters. The lowest BCUT2D eigenvalue weighted by molar-refractivity contribution is -0.171. The number of carbonyl (C=O) groups excluding carboxylic acids is 2. The Morgan fingerprint density at radius 2 is 1.57 bits per heavy atom. The molecule has 0 spiro atoms. The third-order valence-electron chi connectivity index (χ3n) is 1.26. The number of hydroxylamine groups is 2. The van der Waals surface area contributed by atoms with Crippen LogP contribution >= 0.6 is 7.82 Å². The van der Waals surface area contributed by atoms with Crippen LogP contribution in [0, 0.1) is 0 Å². The van der Waals surface area contributed by atoms with Gasteiger partial charge in [-0.25, -0.2) is 4.57 Å². The molecule has 8 nitrogen and oxygen atoms in total. The van der Waals surface area contributed by atoms with E-state index in [2.05, 4.69) is 4.52 Å². The standard InChI is InChI=1S/C4H5NO3.CH5O4P/c6-3-1-2-4(7)5(3)8;1-5-6(2,3)4/h8H,1-2H2;1H3,(H2,2,3,4). The molecule has 2 amide bonds. The highest BCUT2D eigenvalue weighted by Gasteiger charge is 2.26. The lowest BCUT2D eigenvalue weighted by Crippen LogP contribution is -2.24. The van der Waals surface area contributed by atoms with Crippen LogP contribution in [0.3, 0.4) is 0 Å². The zero-order chi connectivity index (χ0) is 11.4. The summed E-state index contributed by atoms with van der Waals surface area (Å²) in [5, 5.41) is 8.57. The molecule has 1 aliphatic heterocycles. The quantitative estimate of drug-likeness (QED) is 0.305. The first-order chi connectivity index (χ1) is 6.28. The van der Waals surface area contributed by atoms with Gasteiger partial charge in [-0.15, -0.1) is 0 Å². The second-order valence-electron chi connectivity index (χ2n) is 2.27. The summed E-state index contributed by atoms with van der Waals surface area (Å²) in [5.74, 6) is -1.01. The molecule has 0 radical (unpaired) electrons. The fraction of sp³-hybridized carbons (Fsp3) is 0.600. The molecule has 1 rings (SSSR count). The van der Waals surface area contributed by atoms with E-state index in [0.29, 0.717) is 0 Å². The van der Waals surface area contributed by atoms with Crippen molar-refractivity contribution >= 4 is 19.6 Å². The summed E-state index contributed by atoms with van der Waals surface area (Å²) in [7, 11) is -3.20. The largest absolute Gasteiger partial charge is 0.469 e. The number of carbonyl (C=O) groups is 2. The van der Waals surface area contributed by atoms with Crippen LogP contribution in [0.4, 0.5) is 0 Å². The van der Waals surface area contributed by atoms with E-state index in [1.165, 1.54) is 0 Å². The van der Waals surface area contributed by atoms with Gasteiger partial charge in [-0.2, -0.15) is 5.06 Å². The predicted octanol–water partition coefficient (Wildman–Crippen LogP) is -0.750. The first kappa shape index (κ1) is 13.2. The highest BCUT2D eigenvalue weighted by molar-refractivity contribution is 7.46. The molecule has 14 heavy (non-hydrogen) atoms. The van der Waals surface area contributed by atoms with Crippen LogP contribution in [0.1, 0.15) is 12.8 Å². The molecule has 1 fully saturated rings. The van der Waals surface area contributed by atoms with Crippen molar-refractivity contribution in [2.24, 2.45) is 0 Å². The average molecular weight is 227 g/mol. The number of phosphoric ester groups is 1. The van der Waals surface area contributed by atoms with Gasteiger partial charge < -0.3 is 9.79 Å².